The number of halogens is 3. The summed E-state index contributed by atoms with van der Waals surface area (Å²) in [5.41, 5.74) is -1.18. The molecule has 35 heavy (non-hydrogen) atoms. The number of phenolic OH excluding ortho intramolecular Hbond substituents is 1. The third kappa shape index (κ3) is 5.23. The first-order valence-corrected chi connectivity index (χ1v) is 11.4. The van der Waals surface area contributed by atoms with Gasteiger partial charge in [0.05, 0.1) is 17.6 Å². The van der Waals surface area contributed by atoms with Crippen LogP contribution in [0, 0.1) is 0 Å². The summed E-state index contributed by atoms with van der Waals surface area (Å²) in [4.78, 5) is 14.3. The maximum Gasteiger partial charge on any atom is 0.453 e. The number of quaternary nitrogens is 1. The van der Waals surface area contributed by atoms with Gasteiger partial charge in [0, 0.05) is 0 Å². The predicted octanol–water partition coefficient (Wildman–Crippen LogP) is 3.90. The fourth-order valence-electron chi connectivity index (χ4n) is 4.44. The minimum Gasteiger partial charge on any atom is -0.507 e. The summed E-state index contributed by atoms with van der Waals surface area (Å²) in [5.74, 6) is -2.68. The average molecular weight is 494 g/mol. The summed E-state index contributed by atoms with van der Waals surface area (Å²) in [5, 5.41) is 10.4. The van der Waals surface area contributed by atoms with Gasteiger partial charge < -0.3 is 28.6 Å². The summed E-state index contributed by atoms with van der Waals surface area (Å²) in [6.07, 6.45) is -5.15. The standard InChI is InChI=1S/C25H26F3NO6/c1-4-32-19-7-5-6-8-20(19)34-23-21(31)16-9-10-18(30)17(22(16)35-24(23)25(26,27)28)13-29-11-14(2)33-15(3)12-29/h5-10,14-15,30H,4,11-13H2,1-3H3/p+1/t14-,15-/m0/s1. The van der Waals surface area contributed by atoms with Crippen molar-refractivity contribution in [1.82, 2.24) is 0 Å². The topological polar surface area (TPSA) is 82.6 Å². The third-order valence-corrected chi connectivity index (χ3v) is 5.76. The first-order valence-electron chi connectivity index (χ1n) is 11.4. The van der Waals surface area contributed by atoms with E-state index in [-0.39, 0.29) is 59.1 Å². The van der Waals surface area contributed by atoms with E-state index in [1.54, 1.807) is 19.1 Å². The monoisotopic (exact) mass is 494 g/mol. The molecule has 0 spiro atoms. The number of hydrogen-bond acceptors (Lipinski definition) is 6. The van der Waals surface area contributed by atoms with Crippen LogP contribution >= 0.6 is 0 Å². The number of alkyl halides is 3. The highest BCUT2D eigenvalue weighted by molar-refractivity contribution is 5.83. The van der Waals surface area contributed by atoms with E-state index < -0.39 is 23.1 Å². The van der Waals surface area contributed by atoms with E-state index in [0.29, 0.717) is 13.1 Å². The van der Waals surface area contributed by atoms with Gasteiger partial charge in [-0.05, 0) is 45.0 Å². The fraction of sp³-hybridized carbons (Fsp3) is 0.400. The summed E-state index contributed by atoms with van der Waals surface area (Å²) >= 11 is 0. The van der Waals surface area contributed by atoms with Crippen LogP contribution in [0.25, 0.3) is 11.0 Å². The lowest BCUT2D eigenvalue weighted by Crippen LogP contribution is -3.14. The number of hydrogen-bond donors (Lipinski definition) is 2. The van der Waals surface area contributed by atoms with Crippen molar-refractivity contribution in [3.63, 3.8) is 0 Å². The smallest absolute Gasteiger partial charge is 0.453 e. The molecular formula is C25H27F3NO6+. The number of fused-ring (bicyclic) bond motifs is 1. The molecule has 4 rings (SSSR count). The molecule has 2 atom stereocenters. The molecule has 188 valence electrons. The van der Waals surface area contributed by atoms with Gasteiger partial charge in [0.15, 0.2) is 17.1 Å². The Morgan fingerprint density at radius 3 is 2.37 bits per heavy atom. The molecule has 0 unspecified atom stereocenters. The number of para-hydroxylation sites is 2. The van der Waals surface area contributed by atoms with Gasteiger partial charge in [-0.1, -0.05) is 12.1 Å². The van der Waals surface area contributed by atoms with E-state index in [4.69, 9.17) is 18.6 Å². The van der Waals surface area contributed by atoms with Gasteiger partial charge in [0.2, 0.25) is 11.2 Å². The van der Waals surface area contributed by atoms with E-state index in [1.165, 1.54) is 24.3 Å². The maximum absolute atomic E-state index is 14.1. The molecule has 10 heteroatoms. The largest absolute Gasteiger partial charge is 0.507 e. The molecule has 1 saturated heterocycles. The van der Waals surface area contributed by atoms with Crippen molar-refractivity contribution < 1.29 is 41.8 Å². The minimum absolute atomic E-state index is 0.0498. The molecule has 1 aliphatic rings. The van der Waals surface area contributed by atoms with Crippen LogP contribution in [-0.4, -0.2) is 37.0 Å². The molecule has 2 aromatic carbocycles. The average Bonchev–Trinajstić information content (AvgIpc) is 2.77. The Hall–Kier alpha value is -3.24. The second kappa shape index (κ2) is 9.79. The zero-order valence-corrected chi connectivity index (χ0v) is 19.6. The van der Waals surface area contributed by atoms with Crippen LogP contribution in [0.4, 0.5) is 13.2 Å². The number of phenols is 1. The zero-order valence-electron chi connectivity index (χ0n) is 19.6. The molecule has 0 saturated carbocycles. The van der Waals surface area contributed by atoms with E-state index in [9.17, 15) is 23.1 Å². The second-order valence-electron chi connectivity index (χ2n) is 8.60. The Morgan fingerprint density at radius 1 is 1.09 bits per heavy atom. The Bertz CT molecular complexity index is 1260. The molecule has 0 radical (unpaired) electrons. The van der Waals surface area contributed by atoms with Crippen LogP contribution < -0.4 is 19.8 Å². The van der Waals surface area contributed by atoms with Crippen molar-refractivity contribution in [2.24, 2.45) is 0 Å². The van der Waals surface area contributed by atoms with Gasteiger partial charge in [0.25, 0.3) is 5.76 Å². The molecule has 1 aromatic heterocycles. The Morgan fingerprint density at radius 2 is 1.74 bits per heavy atom. The highest BCUT2D eigenvalue weighted by Crippen LogP contribution is 2.41. The third-order valence-electron chi connectivity index (χ3n) is 5.76. The molecule has 0 aliphatic carbocycles. The van der Waals surface area contributed by atoms with E-state index >= 15 is 0 Å². The Kier molecular flexibility index (Phi) is 6.95. The molecule has 2 N–H and O–H groups in total. The quantitative estimate of drug-likeness (QED) is 0.541. The SMILES string of the molecule is CCOc1ccccc1Oc1c(C(F)(F)F)oc2c(C[NH+]3C[C@H](C)O[C@@H](C)C3)c(O)ccc2c1=O. The van der Waals surface area contributed by atoms with Crippen LogP contribution in [0.3, 0.4) is 0 Å². The lowest BCUT2D eigenvalue weighted by Gasteiger charge is -2.32. The first kappa shape index (κ1) is 24.9. The van der Waals surface area contributed by atoms with Crippen LogP contribution in [0.1, 0.15) is 32.1 Å². The molecule has 0 amide bonds. The number of benzene rings is 2. The summed E-state index contributed by atoms with van der Waals surface area (Å²) < 4.78 is 64.1. The number of ether oxygens (including phenoxy) is 3. The van der Waals surface area contributed by atoms with Crippen molar-refractivity contribution in [2.45, 2.75) is 45.7 Å². The molecule has 1 fully saturated rings. The number of aromatic hydroxyl groups is 1. The lowest BCUT2D eigenvalue weighted by atomic mass is 10.1. The number of morpholine rings is 1. The van der Waals surface area contributed by atoms with Crippen LogP contribution in [-0.2, 0) is 17.5 Å². The zero-order chi connectivity index (χ0) is 25.3. The summed E-state index contributed by atoms with van der Waals surface area (Å²) in [6, 6.07) is 8.64. The molecule has 1 aliphatic heterocycles. The predicted molar refractivity (Wildman–Crippen MR) is 121 cm³/mol. The molecular weight excluding hydrogens is 467 g/mol. The van der Waals surface area contributed by atoms with Gasteiger partial charge in [-0.3, -0.25) is 4.79 Å². The maximum atomic E-state index is 14.1. The first-order chi connectivity index (χ1) is 16.6. The lowest BCUT2D eigenvalue weighted by molar-refractivity contribution is -0.928. The van der Waals surface area contributed by atoms with Gasteiger partial charge in [-0.2, -0.15) is 13.2 Å². The molecule has 2 heterocycles. The van der Waals surface area contributed by atoms with Gasteiger partial charge in [-0.15, -0.1) is 0 Å². The highest BCUT2D eigenvalue weighted by atomic mass is 19.4. The van der Waals surface area contributed by atoms with Crippen LogP contribution in [0.5, 0.6) is 23.0 Å². The molecule has 7 nitrogen and oxygen atoms in total. The van der Waals surface area contributed by atoms with Gasteiger partial charge in [0.1, 0.15) is 37.6 Å². The van der Waals surface area contributed by atoms with Gasteiger partial charge >= 0.3 is 6.18 Å². The molecule has 0 bridgehead atoms. The second-order valence-corrected chi connectivity index (χ2v) is 8.60. The minimum atomic E-state index is -5.03. The normalized spacial score (nSPS) is 20.7. The summed E-state index contributed by atoms with van der Waals surface area (Å²) in [7, 11) is 0. The van der Waals surface area contributed by atoms with Gasteiger partial charge in [-0.25, -0.2) is 0 Å². The van der Waals surface area contributed by atoms with Crippen molar-refractivity contribution in [3.05, 3.63) is 57.9 Å². The number of rotatable bonds is 6. The van der Waals surface area contributed by atoms with Crippen molar-refractivity contribution in [1.29, 1.82) is 0 Å². The van der Waals surface area contributed by atoms with Crippen molar-refractivity contribution >= 4 is 11.0 Å². The van der Waals surface area contributed by atoms with E-state index in [0.717, 1.165) is 4.90 Å². The van der Waals surface area contributed by atoms with Crippen LogP contribution in [0.2, 0.25) is 0 Å². The highest BCUT2D eigenvalue weighted by Gasteiger charge is 2.41. The summed E-state index contributed by atoms with van der Waals surface area (Å²) in [6.45, 7) is 7.12. The Labute approximate surface area is 199 Å². The fourth-order valence-corrected chi connectivity index (χ4v) is 4.44. The van der Waals surface area contributed by atoms with Crippen molar-refractivity contribution in [2.75, 3.05) is 19.7 Å². The number of nitrogens with one attached hydrogen (secondary N) is 1. The van der Waals surface area contributed by atoms with E-state index in [2.05, 4.69) is 0 Å². The Balaban J connectivity index is 1.85. The van der Waals surface area contributed by atoms with Crippen molar-refractivity contribution in [3.8, 4) is 23.0 Å². The molecule has 3 aromatic rings. The van der Waals surface area contributed by atoms with Crippen LogP contribution in [0.15, 0.2) is 45.6 Å². The van der Waals surface area contributed by atoms with E-state index in [1.807, 2.05) is 13.8 Å².